The smallest absolute Gasteiger partial charge is 0.311 e. The molecule has 0 bridgehead atoms. The summed E-state index contributed by atoms with van der Waals surface area (Å²) in [5, 5.41) is 11.1. The largest absolute Gasteiger partial charge is 0.319 e. The van der Waals surface area contributed by atoms with Gasteiger partial charge in [0, 0.05) is 18.9 Å². The predicted octanol–water partition coefficient (Wildman–Crippen LogP) is 1.42. The molecule has 0 radical (unpaired) electrons. The number of imidazole rings is 1. The van der Waals surface area contributed by atoms with Crippen LogP contribution in [0.2, 0.25) is 0 Å². The molecule has 0 fully saturated rings. The lowest BCUT2D eigenvalue weighted by Crippen LogP contribution is -2.14. The first-order valence-corrected chi connectivity index (χ1v) is 6.10. The van der Waals surface area contributed by atoms with Gasteiger partial charge in [-0.1, -0.05) is 12.1 Å². The van der Waals surface area contributed by atoms with Crippen molar-refractivity contribution in [3.8, 4) is 0 Å². The summed E-state index contributed by atoms with van der Waals surface area (Å²) in [5.41, 5.74) is 0.781. The van der Waals surface area contributed by atoms with E-state index >= 15 is 0 Å². The van der Waals surface area contributed by atoms with Crippen molar-refractivity contribution in [3.63, 3.8) is 0 Å². The Balaban J connectivity index is 1.97. The topological polar surface area (TPSA) is 60.6 Å². The lowest BCUT2D eigenvalue weighted by atomic mass is 10.4. The molecule has 0 spiro atoms. The first-order valence-electron chi connectivity index (χ1n) is 6.10. The Hall–Kier alpha value is -1.83. The number of hydrogen-bond donors (Lipinski definition) is 1. The van der Waals surface area contributed by atoms with Crippen LogP contribution < -0.4 is 5.32 Å². The van der Waals surface area contributed by atoms with Crippen LogP contribution in [0.5, 0.6) is 0 Å². The van der Waals surface area contributed by atoms with Gasteiger partial charge in [0.05, 0.1) is 11.9 Å². The molecule has 19 heavy (non-hydrogen) atoms. The lowest BCUT2D eigenvalue weighted by Gasteiger charge is -2.05. The summed E-state index contributed by atoms with van der Waals surface area (Å²) in [6.07, 6.45) is 5.37. The first kappa shape index (κ1) is 13.6. The maximum atomic E-state index is 12.6. The highest BCUT2D eigenvalue weighted by Gasteiger charge is 2.12. The zero-order chi connectivity index (χ0) is 13.7. The van der Waals surface area contributed by atoms with Gasteiger partial charge in [0.25, 0.3) is 0 Å². The van der Waals surface area contributed by atoms with Crippen LogP contribution in [0.4, 0.5) is 8.78 Å². The van der Waals surface area contributed by atoms with Crippen LogP contribution in [0, 0.1) is 0 Å². The molecular formula is C11H16F2N6. The van der Waals surface area contributed by atoms with Gasteiger partial charge >= 0.3 is 6.55 Å². The van der Waals surface area contributed by atoms with E-state index in [1.807, 2.05) is 0 Å². The highest BCUT2D eigenvalue weighted by Crippen LogP contribution is 2.12. The maximum absolute atomic E-state index is 12.6. The Kier molecular flexibility index (Phi) is 4.56. The van der Waals surface area contributed by atoms with Crippen LogP contribution in [0.1, 0.15) is 31.4 Å². The molecule has 0 amide bonds. The van der Waals surface area contributed by atoms with Gasteiger partial charge in [-0.15, -0.1) is 5.10 Å². The van der Waals surface area contributed by atoms with E-state index in [-0.39, 0.29) is 12.4 Å². The number of nitrogens with zero attached hydrogens (tertiary/aromatic N) is 5. The van der Waals surface area contributed by atoms with Crippen LogP contribution in [-0.4, -0.2) is 31.1 Å². The van der Waals surface area contributed by atoms with E-state index in [2.05, 4.69) is 27.5 Å². The highest BCUT2D eigenvalue weighted by atomic mass is 19.3. The van der Waals surface area contributed by atoms with E-state index in [1.54, 1.807) is 6.20 Å². The Labute approximate surface area is 109 Å². The number of halogens is 2. The van der Waals surface area contributed by atoms with E-state index in [0.717, 1.165) is 23.2 Å². The predicted molar refractivity (Wildman–Crippen MR) is 64.6 cm³/mol. The van der Waals surface area contributed by atoms with Crippen molar-refractivity contribution in [1.82, 2.24) is 29.9 Å². The molecule has 2 aromatic rings. The second-order valence-corrected chi connectivity index (χ2v) is 4.11. The summed E-state index contributed by atoms with van der Waals surface area (Å²) >= 11 is 0. The molecule has 0 saturated heterocycles. The highest BCUT2D eigenvalue weighted by molar-refractivity contribution is 4.97. The summed E-state index contributed by atoms with van der Waals surface area (Å²) in [4.78, 5) is 3.90. The van der Waals surface area contributed by atoms with E-state index in [0.29, 0.717) is 6.54 Å². The standard InChI is InChI=1S/C11H16F2N6/c1-2-3-14-6-9-7-18(17-16-9)8-10-15-4-5-19(10)11(12)13/h4-5,7,11,14H,2-3,6,8H2,1H3. The monoisotopic (exact) mass is 270 g/mol. The zero-order valence-electron chi connectivity index (χ0n) is 10.6. The fourth-order valence-electron chi connectivity index (χ4n) is 1.68. The Bertz CT molecular complexity index is 507. The number of nitrogens with one attached hydrogen (secondary N) is 1. The van der Waals surface area contributed by atoms with Gasteiger partial charge in [-0.05, 0) is 13.0 Å². The summed E-state index contributed by atoms with van der Waals surface area (Å²) < 4.78 is 27.6. The lowest BCUT2D eigenvalue weighted by molar-refractivity contribution is 0.0665. The van der Waals surface area contributed by atoms with Gasteiger partial charge in [-0.25, -0.2) is 9.67 Å². The number of hydrogen-bond acceptors (Lipinski definition) is 4. The van der Waals surface area contributed by atoms with Crippen molar-refractivity contribution in [1.29, 1.82) is 0 Å². The fraction of sp³-hybridized carbons (Fsp3) is 0.545. The molecule has 8 heteroatoms. The SMILES string of the molecule is CCCNCc1cn(Cc2nccn2C(F)F)nn1. The molecule has 0 unspecified atom stereocenters. The van der Waals surface area contributed by atoms with Gasteiger partial charge < -0.3 is 5.32 Å². The third kappa shape index (κ3) is 3.57. The molecule has 0 aliphatic heterocycles. The molecule has 1 N–H and O–H groups in total. The molecule has 0 aliphatic rings. The molecule has 0 aliphatic carbocycles. The van der Waals surface area contributed by atoms with E-state index in [1.165, 1.54) is 17.1 Å². The van der Waals surface area contributed by atoms with Crippen molar-refractivity contribution in [2.24, 2.45) is 0 Å². The Morgan fingerprint density at radius 1 is 1.42 bits per heavy atom. The van der Waals surface area contributed by atoms with Crippen molar-refractivity contribution in [3.05, 3.63) is 30.1 Å². The molecule has 0 atom stereocenters. The minimum atomic E-state index is -2.59. The van der Waals surface area contributed by atoms with Gasteiger partial charge in [-0.3, -0.25) is 4.57 Å². The van der Waals surface area contributed by atoms with Crippen molar-refractivity contribution >= 4 is 0 Å². The second-order valence-electron chi connectivity index (χ2n) is 4.11. The molecule has 104 valence electrons. The Morgan fingerprint density at radius 3 is 3.00 bits per heavy atom. The number of rotatable bonds is 7. The van der Waals surface area contributed by atoms with Crippen LogP contribution in [-0.2, 0) is 13.1 Å². The van der Waals surface area contributed by atoms with Crippen LogP contribution >= 0.6 is 0 Å². The summed E-state index contributed by atoms with van der Waals surface area (Å²) in [5.74, 6) is 0.257. The van der Waals surface area contributed by atoms with Gasteiger partial charge in [0.15, 0.2) is 0 Å². The molecular weight excluding hydrogens is 254 g/mol. The Morgan fingerprint density at radius 2 is 2.26 bits per heavy atom. The van der Waals surface area contributed by atoms with Crippen LogP contribution in [0.3, 0.4) is 0 Å². The number of alkyl halides is 2. The van der Waals surface area contributed by atoms with Crippen LogP contribution in [0.25, 0.3) is 0 Å². The molecule has 2 aromatic heterocycles. The van der Waals surface area contributed by atoms with Crippen LogP contribution in [0.15, 0.2) is 18.6 Å². The molecule has 6 nitrogen and oxygen atoms in total. The normalized spacial score (nSPS) is 11.4. The maximum Gasteiger partial charge on any atom is 0.319 e. The average molecular weight is 270 g/mol. The van der Waals surface area contributed by atoms with E-state index < -0.39 is 6.55 Å². The van der Waals surface area contributed by atoms with Crippen molar-refractivity contribution in [2.75, 3.05) is 6.54 Å². The number of aromatic nitrogens is 5. The third-order valence-corrected chi connectivity index (χ3v) is 2.58. The van der Waals surface area contributed by atoms with E-state index in [4.69, 9.17) is 0 Å². The minimum Gasteiger partial charge on any atom is -0.311 e. The molecule has 2 rings (SSSR count). The fourth-order valence-corrected chi connectivity index (χ4v) is 1.68. The average Bonchev–Trinajstić information content (AvgIpc) is 2.99. The minimum absolute atomic E-state index is 0.179. The summed E-state index contributed by atoms with van der Waals surface area (Å²) in [7, 11) is 0. The molecule has 2 heterocycles. The van der Waals surface area contributed by atoms with E-state index in [9.17, 15) is 8.78 Å². The summed E-state index contributed by atoms with van der Waals surface area (Å²) in [6.45, 7) is 1.19. The summed E-state index contributed by atoms with van der Waals surface area (Å²) in [6, 6.07) is 0. The van der Waals surface area contributed by atoms with Crippen molar-refractivity contribution in [2.45, 2.75) is 33.0 Å². The van der Waals surface area contributed by atoms with Gasteiger partial charge in [-0.2, -0.15) is 8.78 Å². The van der Waals surface area contributed by atoms with Crippen molar-refractivity contribution < 1.29 is 8.78 Å². The molecule has 0 saturated carbocycles. The third-order valence-electron chi connectivity index (χ3n) is 2.58. The quantitative estimate of drug-likeness (QED) is 0.773. The zero-order valence-corrected chi connectivity index (χ0v) is 10.6. The van der Waals surface area contributed by atoms with Gasteiger partial charge in [0.1, 0.15) is 12.4 Å². The second kappa shape index (κ2) is 6.37. The van der Waals surface area contributed by atoms with Gasteiger partial charge in [0.2, 0.25) is 0 Å². The first-order chi connectivity index (χ1) is 9.20. The molecule has 0 aromatic carbocycles.